The molecule has 0 fully saturated rings. The maximum atomic E-state index is 12.3. The second-order valence-electron chi connectivity index (χ2n) is 8.17. The average Bonchev–Trinajstić information content (AvgIpc) is 2.51. The predicted octanol–water partition coefficient (Wildman–Crippen LogP) is 4.24. The van der Waals surface area contributed by atoms with Gasteiger partial charge in [0.15, 0.2) is 18.1 Å². The summed E-state index contributed by atoms with van der Waals surface area (Å²) in [6, 6.07) is 2.90. The Morgan fingerprint density at radius 2 is 1.78 bits per heavy atom. The van der Waals surface area contributed by atoms with Crippen molar-refractivity contribution < 1.29 is 23.8 Å². The first kappa shape index (κ1) is 23.1. The van der Waals surface area contributed by atoms with E-state index in [0.717, 1.165) is 6.42 Å². The lowest BCUT2D eigenvalue weighted by atomic mass is 9.82. The summed E-state index contributed by atoms with van der Waals surface area (Å²) in [6.07, 6.45) is 0.783. The lowest BCUT2D eigenvalue weighted by Gasteiger charge is -2.33. The van der Waals surface area contributed by atoms with Crippen molar-refractivity contribution in [3.05, 3.63) is 22.7 Å². The Hall–Kier alpha value is -1.95. The van der Waals surface area contributed by atoms with Gasteiger partial charge in [-0.2, -0.15) is 0 Å². The Bertz CT molecular complexity index is 680. The largest absolute Gasteiger partial charge is 0.493 e. The minimum atomic E-state index is -0.665. The van der Waals surface area contributed by atoms with Crippen molar-refractivity contribution in [1.29, 1.82) is 0 Å². The number of nitrogens with one attached hydrogen (secondary N) is 1. The van der Waals surface area contributed by atoms with Crippen LogP contribution in [0, 0.1) is 5.41 Å². The standard InChI is InChI=1S/C20H30ClNO5/c1-8-26-17-14(21)9-13(10-15(17)25-7)18(24)27-11-16(23)22-20(5,6)12-19(2,3)4/h9-10H,8,11-12H2,1-7H3,(H,22,23). The number of amides is 1. The first-order chi connectivity index (χ1) is 12.4. The van der Waals surface area contributed by atoms with Crippen LogP contribution in [0.15, 0.2) is 12.1 Å². The molecule has 0 heterocycles. The molecule has 7 heteroatoms. The Morgan fingerprint density at radius 3 is 2.30 bits per heavy atom. The Morgan fingerprint density at radius 1 is 1.15 bits per heavy atom. The zero-order valence-corrected chi connectivity index (χ0v) is 18.0. The van der Waals surface area contributed by atoms with Crippen molar-refractivity contribution in [2.45, 2.75) is 53.5 Å². The van der Waals surface area contributed by atoms with E-state index in [0.29, 0.717) is 18.1 Å². The molecule has 1 rings (SSSR count). The van der Waals surface area contributed by atoms with Crippen molar-refractivity contribution in [2.75, 3.05) is 20.3 Å². The Kier molecular flexibility index (Phi) is 7.96. The molecule has 0 saturated carbocycles. The fourth-order valence-electron chi connectivity index (χ4n) is 3.12. The first-order valence-corrected chi connectivity index (χ1v) is 9.25. The number of carbonyl (C=O) groups is 2. The van der Waals surface area contributed by atoms with Gasteiger partial charge in [-0.25, -0.2) is 4.79 Å². The highest BCUT2D eigenvalue weighted by atomic mass is 35.5. The molecule has 1 aromatic rings. The topological polar surface area (TPSA) is 73.9 Å². The summed E-state index contributed by atoms with van der Waals surface area (Å²) >= 11 is 6.16. The number of benzene rings is 1. The molecule has 0 aliphatic carbocycles. The third-order valence-corrected chi connectivity index (χ3v) is 3.82. The molecule has 27 heavy (non-hydrogen) atoms. The molecule has 1 amide bonds. The van der Waals surface area contributed by atoms with Crippen LogP contribution in [0.2, 0.25) is 5.02 Å². The molecule has 0 aromatic heterocycles. The second-order valence-corrected chi connectivity index (χ2v) is 8.58. The van der Waals surface area contributed by atoms with E-state index in [1.165, 1.54) is 19.2 Å². The molecule has 0 aliphatic rings. The third-order valence-electron chi connectivity index (χ3n) is 3.54. The minimum Gasteiger partial charge on any atom is -0.493 e. The summed E-state index contributed by atoms with van der Waals surface area (Å²) in [6.45, 7) is 12.0. The minimum absolute atomic E-state index is 0.0586. The second kappa shape index (κ2) is 9.31. The summed E-state index contributed by atoms with van der Waals surface area (Å²) in [5.74, 6) is -0.337. The predicted molar refractivity (Wildman–Crippen MR) is 106 cm³/mol. The smallest absolute Gasteiger partial charge is 0.338 e. The normalized spacial score (nSPS) is 11.7. The molecule has 0 aliphatic heterocycles. The molecule has 0 saturated heterocycles. The number of ether oxygens (including phenoxy) is 3. The van der Waals surface area contributed by atoms with Gasteiger partial charge in [-0.15, -0.1) is 0 Å². The molecule has 0 unspecified atom stereocenters. The summed E-state index contributed by atoms with van der Waals surface area (Å²) in [5.41, 5.74) is -0.168. The molecule has 1 aromatic carbocycles. The number of hydrogen-bond acceptors (Lipinski definition) is 5. The van der Waals surface area contributed by atoms with Gasteiger partial charge in [-0.05, 0) is 44.7 Å². The van der Waals surface area contributed by atoms with Gasteiger partial charge in [0.1, 0.15) is 0 Å². The van der Waals surface area contributed by atoms with Crippen molar-refractivity contribution in [3.63, 3.8) is 0 Å². The summed E-state index contributed by atoms with van der Waals surface area (Å²) in [5, 5.41) is 3.13. The number of halogens is 1. The third kappa shape index (κ3) is 7.67. The van der Waals surface area contributed by atoms with Crippen LogP contribution in [0.25, 0.3) is 0 Å². The monoisotopic (exact) mass is 399 g/mol. The van der Waals surface area contributed by atoms with E-state index >= 15 is 0 Å². The highest BCUT2D eigenvalue weighted by Crippen LogP contribution is 2.36. The fourth-order valence-corrected chi connectivity index (χ4v) is 3.39. The lowest BCUT2D eigenvalue weighted by molar-refractivity contribution is -0.126. The van der Waals surface area contributed by atoms with E-state index < -0.39 is 11.5 Å². The van der Waals surface area contributed by atoms with Crippen LogP contribution in [0.5, 0.6) is 11.5 Å². The van der Waals surface area contributed by atoms with Crippen molar-refractivity contribution in [1.82, 2.24) is 5.32 Å². The maximum absolute atomic E-state index is 12.3. The SMILES string of the molecule is CCOc1c(Cl)cc(C(=O)OCC(=O)NC(C)(C)CC(C)(C)C)cc1OC. The van der Waals surface area contributed by atoms with Crippen LogP contribution in [-0.2, 0) is 9.53 Å². The van der Waals surface area contributed by atoms with E-state index in [4.69, 9.17) is 25.8 Å². The number of rotatable bonds is 8. The molecule has 152 valence electrons. The van der Waals surface area contributed by atoms with E-state index in [2.05, 4.69) is 26.1 Å². The fraction of sp³-hybridized carbons (Fsp3) is 0.600. The van der Waals surface area contributed by atoms with Gasteiger partial charge in [-0.3, -0.25) is 4.79 Å². The van der Waals surface area contributed by atoms with Crippen LogP contribution in [-0.4, -0.2) is 37.7 Å². The van der Waals surface area contributed by atoms with E-state index in [1.54, 1.807) is 0 Å². The maximum Gasteiger partial charge on any atom is 0.338 e. The van der Waals surface area contributed by atoms with Crippen LogP contribution in [0.1, 0.15) is 58.3 Å². The molecule has 0 bridgehead atoms. The molecular weight excluding hydrogens is 370 g/mol. The number of esters is 1. The Labute approximate surface area is 166 Å². The molecule has 1 N–H and O–H groups in total. The van der Waals surface area contributed by atoms with Crippen LogP contribution in [0.4, 0.5) is 0 Å². The lowest BCUT2D eigenvalue weighted by Crippen LogP contribution is -2.47. The number of methoxy groups -OCH3 is 1. The molecule has 0 spiro atoms. The summed E-state index contributed by atoms with van der Waals surface area (Å²) in [4.78, 5) is 24.4. The first-order valence-electron chi connectivity index (χ1n) is 8.87. The van der Waals surface area contributed by atoms with Gasteiger partial charge >= 0.3 is 5.97 Å². The van der Waals surface area contributed by atoms with E-state index in [9.17, 15) is 9.59 Å². The molecular formula is C20H30ClNO5. The number of hydrogen-bond donors (Lipinski definition) is 1. The van der Waals surface area contributed by atoms with Crippen molar-refractivity contribution >= 4 is 23.5 Å². The van der Waals surface area contributed by atoms with Gasteiger partial charge in [0.2, 0.25) is 0 Å². The quantitative estimate of drug-likeness (QED) is 0.662. The van der Waals surface area contributed by atoms with Crippen molar-refractivity contribution in [3.8, 4) is 11.5 Å². The van der Waals surface area contributed by atoms with Gasteiger partial charge in [0.25, 0.3) is 5.91 Å². The number of carbonyl (C=O) groups excluding carboxylic acids is 2. The Balaban J connectivity index is 2.74. The van der Waals surface area contributed by atoms with Gasteiger partial charge < -0.3 is 19.5 Å². The molecule has 0 atom stereocenters. The van der Waals surface area contributed by atoms with Gasteiger partial charge in [0.05, 0.1) is 24.3 Å². The zero-order valence-electron chi connectivity index (χ0n) is 17.2. The molecule has 0 radical (unpaired) electrons. The van der Waals surface area contributed by atoms with E-state index in [1.807, 2.05) is 20.8 Å². The van der Waals surface area contributed by atoms with Crippen molar-refractivity contribution in [2.24, 2.45) is 5.41 Å². The van der Waals surface area contributed by atoms with Crippen LogP contribution < -0.4 is 14.8 Å². The van der Waals surface area contributed by atoms with Gasteiger partial charge in [0, 0.05) is 5.54 Å². The zero-order chi connectivity index (χ0) is 20.8. The van der Waals surface area contributed by atoms with Crippen LogP contribution >= 0.6 is 11.6 Å². The van der Waals surface area contributed by atoms with Gasteiger partial charge in [-0.1, -0.05) is 32.4 Å². The highest BCUT2D eigenvalue weighted by molar-refractivity contribution is 6.32. The van der Waals surface area contributed by atoms with Crippen LogP contribution in [0.3, 0.4) is 0 Å². The summed E-state index contributed by atoms with van der Waals surface area (Å²) in [7, 11) is 1.45. The molecule has 6 nitrogen and oxygen atoms in total. The summed E-state index contributed by atoms with van der Waals surface area (Å²) < 4.78 is 15.7. The highest BCUT2D eigenvalue weighted by Gasteiger charge is 2.27. The average molecular weight is 400 g/mol. The van der Waals surface area contributed by atoms with E-state index in [-0.39, 0.29) is 28.5 Å².